The maximum absolute atomic E-state index is 4.19. The highest BCUT2D eigenvalue weighted by molar-refractivity contribution is 5.79. The first kappa shape index (κ1) is 16.5. The molecule has 0 radical (unpaired) electrons. The third-order valence-corrected chi connectivity index (χ3v) is 2.95. The Morgan fingerprint density at radius 1 is 1.25 bits per heavy atom. The van der Waals surface area contributed by atoms with E-state index in [9.17, 15) is 0 Å². The van der Waals surface area contributed by atoms with Crippen LogP contribution in [0.15, 0.2) is 35.3 Å². The van der Waals surface area contributed by atoms with Crippen molar-refractivity contribution in [1.29, 1.82) is 0 Å². The van der Waals surface area contributed by atoms with Gasteiger partial charge in [-0.25, -0.2) is 0 Å². The Hall–Kier alpha value is -1.55. The molecule has 0 saturated heterocycles. The molecule has 0 aliphatic rings. The minimum atomic E-state index is 0.405. The van der Waals surface area contributed by atoms with Crippen LogP contribution in [-0.2, 0) is 6.54 Å². The molecular weight excluding hydrogens is 248 g/mol. The molecule has 0 saturated carbocycles. The molecule has 1 rings (SSSR count). The van der Waals surface area contributed by atoms with E-state index in [1.807, 2.05) is 0 Å². The number of nitrogens with one attached hydrogen (secondary N) is 2. The van der Waals surface area contributed by atoms with Crippen LogP contribution in [-0.4, -0.2) is 44.1 Å². The lowest BCUT2D eigenvalue weighted by Crippen LogP contribution is -2.41. The molecule has 4 nitrogen and oxygen atoms in total. The minimum absolute atomic E-state index is 0.405. The number of hydrogen-bond donors (Lipinski definition) is 2. The van der Waals surface area contributed by atoms with Crippen molar-refractivity contribution < 1.29 is 0 Å². The van der Waals surface area contributed by atoms with Crippen molar-refractivity contribution in [3.05, 3.63) is 35.9 Å². The van der Waals surface area contributed by atoms with Crippen molar-refractivity contribution in [3.8, 4) is 0 Å². The fourth-order valence-electron chi connectivity index (χ4n) is 2.00. The average molecular weight is 276 g/mol. The molecule has 0 heterocycles. The van der Waals surface area contributed by atoms with E-state index in [1.165, 1.54) is 5.56 Å². The predicted molar refractivity (Wildman–Crippen MR) is 87.0 cm³/mol. The molecular formula is C16H28N4. The first-order valence-corrected chi connectivity index (χ1v) is 7.31. The van der Waals surface area contributed by atoms with E-state index in [2.05, 4.69) is 71.8 Å². The molecule has 0 fully saturated rings. The van der Waals surface area contributed by atoms with Gasteiger partial charge >= 0.3 is 0 Å². The molecule has 0 amide bonds. The fraction of sp³-hybridized carbons (Fsp3) is 0.562. The molecule has 0 spiro atoms. The molecule has 112 valence electrons. The second-order valence-electron chi connectivity index (χ2n) is 5.37. The van der Waals surface area contributed by atoms with Gasteiger partial charge < -0.3 is 15.5 Å². The lowest BCUT2D eigenvalue weighted by Gasteiger charge is -2.18. The van der Waals surface area contributed by atoms with E-state index in [0.717, 1.165) is 32.0 Å². The molecule has 20 heavy (non-hydrogen) atoms. The predicted octanol–water partition coefficient (Wildman–Crippen LogP) is 2.08. The first-order chi connectivity index (χ1) is 9.61. The van der Waals surface area contributed by atoms with Gasteiger partial charge in [-0.05, 0) is 39.4 Å². The summed E-state index contributed by atoms with van der Waals surface area (Å²) < 4.78 is 0. The third-order valence-electron chi connectivity index (χ3n) is 2.95. The maximum Gasteiger partial charge on any atom is 0.191 e. The summed E-state index contributed by atoms with van der Waals surface area (Å²) in [6, 6.07) is 11.0. The van der Waals surface area contributed by atoms with Crippen molar-refractivity contribution in [2.45, 2.75) is 32.9 Å². The van der Waals surface area contributed by atoms with Crippen LogP contribution < -0.4 is 10.6 Å². The van der Waals surface area contributed by atoms with Crippen LogP contribution in [0.5, 0.6) is 0 Å². The molecule has 0 aliphatic heterocycles. The summed E-state index contributed by atoms with van der Waals surface area (Å²) in [5, 5.41) is 6.61. The van der Waals surface area contributed by atoms with Crippen LogP contribution in [0.1, 0.15) is 25.8 Å². The second-order valence-corrected chi connectivity index (χ2v) is 5.37. The summed E-state index contributed by atoms with van der Waals surface area (Å²) in [6.45, 7) is 7.23. The molecule has 0 bridgehead atoms. The normalized spacial score (nSPS) is 12.0. The zero-order valence-electron chi connectivity index (χ0n) is 13.2. The van der Waals surface area contributed by atoms with Crippen LogP contribution in [0.2, 0.25) is 0 Å². The van der Waals surface area contributed by atoms with Gasteiger partial charge in [0.05, 0.1) is 0 Å². The van der Waals surface area contributed by atoms with Crippen LogP contribution in [0.25, 0.3) is 0 Å². The van der Waals surface area contributed by atoms with Crippen molar-refractivity contribution in [2.24, 2.45) is 4.99 Å². The Balaban J connectivity index is 2.17. The van der Waals surface area contributed by atoms with Gasteiger partial charge in [-0.3, -0.25) is 4.99 Å². The Kier molecular flexibility index (Phi) is 7.73. The number of hydrogen-bond acceptors (Lipinski definition) is 2. The Labute approximate surface area is 123 Å². The fourth-order valence-corrected chi connectivity index (χ4v) is 2.00. The van der Waals surface area contributed by atoms with Crippen molar-refractivity contribution in [2.75, 3.05) is 27.2 Å². The van der Waals surface area contributed by atoms with Gasteiger partial charge in [-0.2, -0.15) is 0 Å². The molecule has 1 aromatic rings. The lowest BCUT2D eigenvalue weighted by atomic mass is 10.2. The molecule has 0 aliphatic carbocycles. The van der Waals surface area contributed by atoms with Gasteiger partial charge in [0.15, 0.2) is 5.96 Å². The smallest absolute Gasteiger partial charge is 0.191 e. The van der Waals surface area contributed by atoms with Crippen LogP contribution >= 0.6 is 0 Å². The standard InChI is InChI=1S/C16H28N4/c1-14(2)19-16(17-3)18-11-8-12-20(4)13-15-9-6-5-7-10-15/h5-7,9-10,14H,8,11-13H2,1-4H3,(H2,17,18,19). The highest BCUT2D eigenvalue weighted by atomic mass is 15.2. The molecule has 2 N–H and O–H groups in total. The quantitative estimate of drug-likeness (QED) is 0.455. The number of nitrogens with zero attached hydrogens (tertiary/aromatic N) is 2. The molecule has 0 aromatic heterocycles. The Morgan fingerprint density at radius 2 is 1.95 bits per heavy atom. The molecule has 4 heteroatoms. The van der Waals surface area contributed by atoms with Gasteiger partial charge in [0.1, 0.15) is 0 Å². The summed E-state index contributed by atoms with van der Waals surface area (Å²) in [7, 11) is 3.97. The zero-order chi connectivity index (χ0) is 14.8. The second kappa shape index (κ2) is 9.37. The zero-order valence-corrected chi connectivity index (χ0v) is 13.2. The third kappa shape index (κ3) is 7.14. The molecule has 1 aromatic carbocycles. The maximum atomic E-state index is 4.19. The summed E-state index contributed by atoms with van der Waals surface area (Å²) in [5.41, 5.74) is 1.36. The Morgan fingerprint density at radius 3 is 2.55 bits per heavy atom. The van der Waals surface area contributed by atoms with Gasteiger partial charge in [-0.1, -0.05) is 30.3 Å². The largest absolute Gasteiger partial charge is 0.356 e. The van der Waals surface area contributed by atoms with Crippen LogP contribution in [0, 0.1) is 0 Å². The van der Waals surface area contributed by atoms with E-state index in [4.69, 9.17) is 0 Å². The minimum Gasteiger partial charge on any atom is -0.356 e. The van der Waals surface area contributed by atoms with Crippen molar-refractivity contribution in [1.82, 2.24) is 15.5 Å². The van der Waals surface area contributed by atoms with E-state index in [1.54, 1.807) is 7.05 Å². The van der Waals surface area contributed by atoms with E-state index in [0.29, 0.717) is 6.04 Å². The average Bonchev–Trinajstić information content (AvgIpc) is 2.43. The summed E-state index contributed by atoms with van der Waals surface area (Å²) in [5.74, 6) is 0.880. The van der Waals surface area contributed by atoms with Crippen molar-refractivity contribution >= 4 is 5.96 Å². The SMILES string of the molecule is CN=C(NCCCN(C)Cc1ccccc1)NC(C)C. The molecule has 0 unspecified atom stereocenters. The topological polar surface area (TPSA) is 39.7 Å². The first-order valence-electron chi connectivity index (χ1n) is 7.31. The van der Waals surface area contributed by atoms with Crippen molar-refractivity contribution in [3.63, 3.8) is 0 Å². The Bertz CT molecular complexity index is 387. The highest BCUT2D eigenvalue weighted by Crippen LogP contribution is 2.02. The molecule has 0 atom stereocenters. The summed E-state index contributed by atoms with van der Waals surface area (Å²) >= 11 is 0. The van der Waals surface area contributed by atoms with Crippen LogP contribution in [0.3, 0.4) is 0 Å². The monoisotopic (exact) mass is 276 g/mol. The number of benzene rings is 1. The van der Waals surface area contributed by atoms with Gasteiger partial charge in [0.25, 0.3) is 0 Å². The summed E-state index contributed by atoms with van der Waals surface area (Å²) in [6.07, 6.45) is 1.10. The lowest BCUT2D eigenvalue weighted by molar-refractivity contribution is 0.322. The van der Waals surface area contributed by atoms with Gasteiger partial charge in [0.2, 0.25) is 0 Å². The van der Waals surface area contributed by atoms with Gasteiger partial charge in [0, 0.05) is 26.2 Å². The van der Waals surface area contributed by atoms with E-state index >= 15 is 0 Å². The van der Waals surface area contributed by atoms with E-state index < -0.39 is 0 Å². The highest BCUT2D eigenvalue weighted by Gasteiger charge is 2.01. The number of rotatable bonds is 7. The number of guanidine groups is 1. The van der Waals surface area contributed by atoms with E-state index in [-0.39, 0.29) is 0 Å². The van der Waals surface area contributed by atoms with Crippen LogP contribution in [0.4, 0.5) is 0 Å². The number of aliphatic imine (C=N–C) groups is 1. The van der Waals surface area contributed by atoms with Gasteiger partial charge in [-0.15, -0.1) is 0 Å². The summed E-state index contributed by atoms with van der Waals surface area (Å²) in [4.78, 5) is 6.54.